The second-order valence-corrected chi connectivity index (χ2v) is 10.1. The molecule has 0 unspecified atom stereocenters. The number of hydrogen-bond donors (Lipinski definition) is 5. The van der Waals surface area contributed by atoms with Crippen LogP contribution in [0.2, 0.25) is 0 Å². The lowest BCUT2D eigenvalue weighted by Crippen LogP contribution is -2.52. The highest BCUT2D eigenvalue weighted by atomic mass is 35.5. The van der Waals surface area contributed by atoms with Gasteiger partial charge in [-0.1, -0.05) is 19.1 Å². The smallest absolute Gasteiger partial charge is 0.202 e. The number of fused-ring (bicyclic) bond motifs is 3. The molecule has 2 aromatic carbocycles. The summed E-state index contributed by atoms with van der Waals surface area (Å²) in [5.74, 6) is -2.09. The first kappa shape index (κ1) is 28.3. The lowest BCUT2D eigenvalue weighted by atomic mass is 9.72. The normalized spacial score (nSPS) is 30.1. The summed E-state index contributed by atoms with van der Waals surface area (Å²) in [5.41, 5.74) is 4.39. The molecule has 0 aromatic heterocycles. The molecule has 3 aliphatic rings. The molecule has 2 aliphatic carbocycles. The van der Waals surface area contributed by atoms with Gasteiger partial charge >= 0.3 is 0 Å². The van der Waals surface area contributed by atoms with E-state index in [1.54, 1.807) is 19.9 Å². The topological polar surface area (TPSA) is 169 Å². The summed E-state index contributed by atoms with van der Waals surface area (Å²) in [6.45, 7) is 3.44. The highest BCUT2D eigenvalue weighted by Crippen LogP contribution is 2.52. The standard InChI is InChI=1S/C27H31NO9.ClH/c1-4-27(34)9-13-19(16(10-27)37-17-8-14(28)22(29)11(2)36-17)26(33)21-20(24(13)31)23(30)12-6-5-7-15(35-3)18(12)25(21)32;/h5-7,11,14,16-17,22,29,31,33-34H,4,8-10,28H2,1-3H3;1H/t11-,14-,16-,17-,22+,27-;/m0./s1. The van der Waals surface area contributed by atoms with Crippen LogP contribution in [0.4, 0.5) is 0 Å². The Morgan fingerprint density at radius 2 is 1.82 bits per heavy atom. The van der Waals surface area contributed by atoms with Gasteiger partial charge < -0.3 is 40.4 Å². The van der Waals surface area contributed by atoms with Gasteiger partial charge in [-0.25, -0.2) is 0 Å². The van der Waals surface area contributed by atoms with E-state index >= 15 is 0 Å². The number of methoxy groups -OCH3 is 1. The number of aromatic hydroxyl groups is 2. The van der Waals surface area contributed by atoms with E-state index in [2.05, 4.69) is 0 Å². The molecule has 1 fully saturated rings. The number of aliphatic hydroxyl groups excluding tert-OH is 1. The monoisotopic (exact) mass is 549 g/mol. The third-order valence-corrected chi connectivity index (χ3v) is 7.88. The number of nitrogens with two attached hydrogens (primary N) is 1. The third kappa shape index (κ3) is 4.25. The Morgan fingerprint density at radius 3 is 2.45 bits per heavy atom. The average molecular weight is 550 g/mol. The molecular formula is C27H32ClNO9. The largest absolute Gasteiger partial charge is 0.507 e. The molecular weight excluding hydrogens is 518 g/mol. The summed E-state index contributed by atoms with van der Waals surface area (Å²) in [6.07, 6.45) is -2.93. The first-order valence-corrected chi connectivity index (χ1v) is 12.3. The van der Waals surface area contributed by atoms with Crippen LogP contribution in [-0.2, 0) is 15.9 Å². The van der Waals surface area contributed by atoms with E-state index < -0.39 is 59.3 Å². The summed E-state index contributed by atoms with van der Waals surface area (Å²) >= 11 is 0. The van der Waals surface area contributed by atoms with E-state index in [1.165, 1.54) is 19.2 Å². The fraction of sp³-hybridized carbons (Fsp3) is 0.481. The molecule has 6 atom stereocenters. The molecule has 206 valence electrons. The molecule has 6 N–H and O–H groups in total. The number of rotatable bonds is 4. The Balaban J connectivity index is 0.00000336. The second kappa shape index (κ2) is 10.1. The van der Waals surface area contributed by atoms with Gasteiger partial charge in [-0.15, -0.1) is 12.4 Å². The maximum absolute atomic E-state index is 13.6. The Kier molecular flexibility index (Phi) is 7.52. The van der Waals surface area contributed by atoms with Crippen LogP contribution in [0.1, 0.15) is 82.2 Å². The van der Waals surface area contributed by atoms with E-state index in [4.69, 9.17) is 19.9 Å². The Bertz CT molecular complexity index is 1290. The predicted molar refractivity (Wildman–Crippen MR) is 137 cm³/mol. The Hall–Kier alpha value is -2.73. The van der Waals surface area contributed by atoms with Crippen LogP contribution in [0.3, 0.4) is 0 Å². The number of carbonyl (C=O) groups is 2. The Morgan fingerprint density at radius 1 is 1.13 bits per heavy atom. The molecule has 2 aromatic rings. The number of aliphatic hydroxyl groups is 2. The maximum atomic E-state index is 13.6. The minimum Gasteiger partial charge on any atom is -0.507 e. The van der Waals surface area contributed by atoms with E-state index in [1.807, 2.05) is 0 Å². The van der Waals surface area contributed by atoms with Crippen LogP contribution in [0, 0.1) is 0 Å². The predicted octanol–water partition coefficient (Wildman–Crippen LogP) is 2.27. The van der Waals surface area contributed by atoms with E-state index in [-0.39, 0.29) is 70.8 Å². The van der Waals surface area contributed by atoms with Crippen molar-refractivity contribution in [3.05, 3.63) is 51.6 Å². The van der Waals surface area contributed by atoms with E-state index in [0.29, 0.717) is 6.42 Å². The molecule has 5 rings (SSSR count). The quantitative estimate of drug-likeness (QED) is 0.304. The molecule has 38 heavy (non-hydrogen) atoms. The molecule has 0 bridgehead atoms. The number of halogens is 1. The summed E-state index contributed by atoms with van der Waals surface area (Å²) in [5, 5.41) is 44.3. The third-order valence-electron chi connectivity index (χ3n) is 7.88. The first-order chi connectivity index (χ1) is 17.5. The molecule has 0 spiro atoms. The van der Waals surface area contributed by atoms with Crippen molar-refractivity contribution < 1.29 is 44.2 Å². The molecule has 1 aliphatic heterocycles. The average Bonchev–Trinajstić information content (AvgIpc) is 2.87. The number of benzene rings is 2. The van der Waals surface area contributed by atoms with Crippen molar-refractivity contribution in [1.29, 1.82) is 0 Å². The fourth-order valence-electron chi connectivity index (χ4n) is 5.74. The van der Waals surface area contributed by atoms with Crippen LogP contribution in [0.5, 0.6) is 17.2 Å². The number of hydrogen-bond acceptors (Lipinski definition) is 10. The van der Waals surface area contributed by atoms with E-state index in [0.717, 1.165) is 0 Å². The van der Waals surface area contributed by atoms with Crippen LogP contribution >= 0.6 is 12.4 Å². The molecule has 1 saturated heterocycles. The lowest BCUT2D eigenvalue weighted by Gasteiger charge is -2.42. The second-order valence-electron chi connectivity index (χ2n) is 10.1. The van der Waals surface area contributed by atoms with Crippen molar-refractivity contribution in [3.63, 3.8) is 0 Å². The van der Waals surface area contributed by atoms with Gasteiger partial charge in [0, 0.05) is 42.0 Å². The van der Waals surface area contributed by atoms with Crippen LogP contribution in [-0.4, -0.2) is 69.2 Å². The molecule has 11 heteroatoms. The molecule has 0 radical (unpaired) electrons. The number of ether oxygens (including phenoxy) is 3. The van der Waals surface area contributed by atoms with Crippen molar-refractivity contribution in [3.8, 4) is 17.2 Å². The van der Waals surface area contributed by atoms with Crippen molar-refractivity contribution in [1.82, 2.24) is 0 Å². The van der Waals surface area contributed by atoms with Crippen LogP contribution in [0.15, 0.2) is 18.2 Å². The highest BCUT2D eigenvalue weighted by molar-refractivity contribution is 6.31. The lowest BCUT2D eigenvalue weighted by molar-refractivity contribution is -0.247. The SMILES string of the molecule is CC[C@]1(O)Cc2c(O)c3c(c(O)c2[C@@H](O[C@H]2C[C@H](N)[C@H](O)[C@H](C)O2)C1)C(=O)c1c(OC)cccc1C3=O.Cl. The number of phenols is 2. The maximum Gasteiger partial charge on any atom is 0.202 e. The molecule has 1 heterocycles. The minimum atomic E-state index is -1.32. The van der Waals surface area contributed by atoms with Gasteiger partial charge in [-0.3, -0.25) is 9.59 Å². The van der Waals surface area contributed by atoms with Gasteiger partial charge in [-0.2, -0.15) is 0 Å². The fourth-order valence-corrected chi connectivity index (χ4v) is 5.74. The summed E-state index contributed by atoms with van der Waals surface area (Å²) in [6, 6.07) is 3.95. The van der Waals surface area contributed by atoms with Crippen LogP contribution in [0.25, 0.3) is 0 Å². The number of ketones is 2. The number of phenolic OH excluding ortho intramolecular Hbond substituents is 2. The highest BCUT2D eigenvalue weighted by Gasteiger charge is 2.47. The van der Waals surface area contributed by atoms with Gasteiger partial charge in [0.05, 0.1) is 47.7 Å². The zero-order chi connectivity index (χ0) is 26.8. The summed E-state index contributed by atoms with van der Waals surface area (Å²) in [4.78, 5) is 27.1. The van der Waals surface area contributed by atoms with Gasteiger partial charge in [0.15, 0.2) is 12.1 Å². The van der Waals surface area contributed by atoms with Crippen LogP contribution < -0.4 is 10.5 Å². The number of carbonyl (C=O) groups excluding carboxylic acids is 2. The minimum absolute atomic E-state index is 0. The zero-order valence-electron chi connectivity index (χ0n) is 21.3. The molecule has 0 amide bonds. The van der Waals surface area contributed by atoms with Gasteiger partial charge in [0.1, 0.15) is 17.2 Å². The Labute approximate surface area is 225 Å². The van der Waals surface area contributed by atoms with Gasteiger partial charge in [0.25, 0.3) is 0 Å². The summed E-state index contributed by atoms with van der Waals surface area (Å²) in [7, 11) is 1.37. The van der Waals surface area contributed by atoms with Crippen molar-refractivity contribution in [2.24, 2.45) is 5.73 Å². The van der Waals surface area contributed by atoms with Crippen molar-refractivity contribution in [2.75, 3.05) is 7.11 Å². The van der Waals surface area contributed by atoms with Crippen molar-refractivity contribution >= 4 is 24.0 Å². The van der Waals surface area contributed by atoms with Crippen molar-refractivity contribution in [2.45, 2.75) is 75.8 Å². The van der Waals surface area contributed by atoms with Gasteiger partial charge in [0.2, 0.25) is 5.78 Å². The molecule has 10 nitrogen and oxygen atoms in total. The van der Waals surface area contributed by atoms with E-state index in [9.17, 15) is 30.0 Å². The van der Waals surface area contributed by atoms with Gasteiger partial charge in [-0.05, 0) is 19.4 Å². The molecule has 0 saturated carbocycles. The zero-order valence-corrected chi connectivity index (χ0v) is 22.1. The summed E-state index contributed by atoms with van der Waals surface area (Å²) < 4.78 is 17.3. The first-order valence-electron chi connectivity index (χ1n) is 12.3.